The second-order valence-corrected chi connectivity index (χ2v) is 8.67. The number of esters is 1. The standard InChI is InChI=1S/C22H19N3O6S/c26-21(23-17-5-4-8-19(13-17)31-18-6-2-1-3-7-18)15-30-22(27)16-9-10-20-24-32(28,29)12-11-25(20)14-16/h1-10,13-14H,11-12,15H2,(H,23,26). The summed E-state index contributed by atoms with van der Waals surface area (Å²) in [6.45, 7) is -0.298. The van der Waals surface area contributed by atoms with Gasteiger partial charge in [-0.1, -0.05) is 24.3 Å². The van der Waals surface area contributed by atoms with Crippen molar-refractivity contribution in [3.63, 3.8) is 0 Å². The smallest absolute Gasteiger partial charge is 0.340 e. The molecule has 9 nitrogen and oxygen atoms in total. The molecule has 2 aliphatic rings. The van der Waals surface area contributed by atoms with Crippen LogP contribution in [-0.2, 0) is 24.3 Å². The minimum absolute atomic E-state index is 0.140. The lowest BCUT2D eigenvalue weighted by Gasteiger charge is -2.26. The highest BCUT2D eigenvalue weighted by atomic mass is 32.2. The summed E-state index contributed by atoms with van der Waals surface area (Å²) in [5, 5.41) is 2.65. The van der Waals surface area contributed by atoms with Crippen molar-refractivity contribution >= 4 is 33.4 Å². The summed E-state index contributed by atoms with van der Waals surface area (Å²) < 4.78 is 37.5. The molecule has 2 heterocycles. The zero-order valence-electron chi connectivity index (χ0n) is 16.8. The first-order valence-corrected chi connectivity index (χ1v) is 11.3. The number of hydrogen-bond acceptors (Lipinski definition) is 7. The van der Waals surface area contributed by atoms with Crippen LogP contribution < -0.4 is 10.1 Å². The van der Waals surface area contributed by atoms with Gasteiger partial charge in [0.15, 0.2) is 6.61 Å². The molecule has 32 heavy (non-hydrogen) atoms. The van der Waals surface area contributed by atoms with Gasteiger partial charge in [-0.25, -0.2) is 13.2 Å². The van der Waals surface area contributed by atoms with Crippen LogP contribution in [0.4, 0.5) is 5.69 Å². The molecule has 0 atom stereocenters. The molecule has 0 unspecified atom stereocenters. The maximum atomic E-state index is 12.3. The molecule has 0 spiro atoms. The van der Waals surface area contributed by atoms with Crippen LogP contribution in [0, 0.1) is 0 Å². The van der Waals surface area contributed by atoms with Crippen molar-refractivity contribution < 1.29 is 27.5 Å². The molecular weight excluding hydrogens is 434 g/mol. The van der Waals surface area contributed by atoms with Crippen LogP contribution in [-0.4, -0.2) is 49.9 Å². The number of hydrogen-bond donors (Lipinski definition) is 1. The average molecular weight is 453 g/mol. The summed E-state index contributed by atoms with van der Waals surface area (Å²) in [7, 11) is -3.48. The van der Waals surface area contributed by atoms with Crippen LogP contribution in [0.1, 0.15) is 0 Å². The summed E-state index contributed by atoms with van der Waals surface area (Å²) in [4.78, 5) is 26.0. The van der Waals surface area contributed by atoms with Gasteiger partial charge < -0.3 is 19.7 Å². The number of carbonyl (C=O) groups is 2. The lowest BCUT2D eigenvalue weighted by Crippen LogP contribution is -2.37. The Labute approximate surface area is 184 Å². The Kier molecular flexibility index (Phi) is 6.04. The predicted molar refractivity (Wildman–Crippen MR) is 118 cm³/mol. The van der Waals surface area contributed by atoms with Crippen LogP contribution in [0.2, 0.25) is 0 Å². The van der Waals surface area contributed by atoms with Gasteiger partial charge in [-0.15, -0.1) is 4.40 Å². The van der Waals surface area contributed by atoms with Gasteiger partial charge in [0, 0.05) is 24.5 Å². The lowest BCUT2D eigenvalue weighted by molar-refractivity contribution is -0.143. The molecule has 1 N–H and O–H groups in total. The van der Waals surface area contributed by atoms with E-state index in [4.69, 9.17) is 9.47 Å². The van der Waals surface area contributed by atoms with Gasteiger partial charge in [-0.05, 0) is 36.4 Å². The number of carbonyl (C=O) groups excluding carboxylic acids is 2. The molecule has 2 aliphatic heterocycles. The van der Waals surface area contributed by atoms with Crippen molar-refractivity contribution in [2.24, 2.45) is 4.40 Å². The predicted octanol–water partition coefficient (Wildman–Crippen LogP) is 2.46. The molecule has 0 aliphatic carbocycles. The number of fused-ring (bicyclic) bond motifs is 1. The van der Waals surface area contributed by atoms with Crippen LogP contribution in [0.25, 0.3) is 0 Å². The van der Waals surface area contributed by atoms with E-state index < -0.39 is 28.5 Å². The number of benzene rings is 2. The Morgan fingerprint density at radius 3 is 2.62 bits per heavy atom. The van der Waals surface area contributed by atoms with Crippen molar-refractivity contribution in [2.75, 3.05) is 24.2 Å². The fraction of sp³-hybridized carbons (Fsp3) is 0.136. The van der Waals surface area contributed by atoms with Crippen molar-refractivity contribution in [3.05, 3.63) is 78.5 Å². The third-order valence-electron chi connectivity index (χ3n) is 4.49. The Balaban J connectivity index is 1.31. The normalized spacial score (nSPS) is 16.3. The summed E-state index contributed by atoms with van der Waals surface area (Å²) in [5.74, 6) is 0.0939. The van der Waals surface area contributed by atoms with Crippen molar-refractivity contribution in [1.82, 2.24) is 4.90 Å². The fourth-order valence-corrected chi connectivity index (χ4v) is 3.96. The van der Waals surface area contributed by atoms with Crippen molar-refractivity contribution in [2.45, 2.75) is 0 Å². The first-order chi connectivity index (χ1) is 15.4. The minimum atomic E-state index is -3.48. The van der Waals surface area contributed by atoms with Gasteiger partial charge in [-0.3, -0.25) is 4.79 Å². The number of sulfonamides is 1. The summed E-state index contributed by atoms with van der Waals surface area (Å²) in [6, 6.07) is 16.1. The van der Waals surface area contributed by atoms with Gasteiger partial charge in [0.25, 0.3) is 15.9 Å². The molecule has 0 saturated carbocycles. The molecule has 4 rings (SSSR count). The number of nitrogens with zero attached hydrogens (tertiary/aromatic N) is 2. The molecule has 164 valence electrons. The summed E-state index contributed by atoms with van der Waals surface area (Å²) in [6.07, 6.45) is 4.28. The summed E-state index contributed by atoms with van der Waals surface area (Å²) >= 11 is 0. The van der Waals surface area contributed by atoms with E-state index in [-0.39, 0.29) is 23.7 Å². The van der Waals surface area contributed by atoms with Gasteiger partial charge >= 0.3 is 5.97 Å². The number of amides is 1. The Morgan fingerprint density at radius 2 is 1.81 bits per heavy atom. The van der Waals surface area contributed by atoms with E-state index in [1.54, 1.807) is 29.2 Å². The van der Waals surface area contributed by atoms with Gasteiger partial charge in [0.05, 0.1) is 11.3 Å². The highest BCUT2D eigenvalue weighted by Gasteiger charge is 2.25. The van der Waals surface area contributed by atoms with Crippen LogP contribution >= 0.6 is 0 Å². The van der Waals surface area contributed by atoms with E-state index in [9.17, 15) is 18.0 Å². The molecule has 0 fully saturated rings. The van der Waals surface area contributed by atoms with E-state index in [1.807, 2.05) is 30.3 Å². The highest BCUT2D eigenvalue weighted by Crippen LogP contribution is 2.24. The van der Waals surface area contributed by atoms with Crippen LogP contribution in [0.15, 0.2) is 82.9 Å². The monoisotopic (exact) mass is 453 g/mol. The SMILES string of the molecule is O=C(COC(=O)C1=CN2CCS(=O)(=O)N=C2C=C1)Nc1cccc(Oc2ccccc2)c1. The third kappa shape index (κ3) is 5.41. The van der Waals surface area contributed by atoms with E-state index in [1.165, 1.54) is 18.4 Å². The Hall–Kier alpha value is -3.92. The van der Waals surface area contributed by atoms with E-state index >= 15 is 0 Å². The zero-order chi connectivity index (χ0) is 22.6. The number of para-hydroxylation sites is 1. The number of rotatable bonds is 6. The van der Waals surface area contributed by atoms with Crippen LogP contribution in [0.5, 0.6) is 11.5 Å². The quantitative estimate of drug-likeness (QED) is 0.668. The van der Waals surface area contributed by atoms with Gasteiger partial charge in [-0.2, -0.15) is 0 Å². The zero-order valence-corrected chi connectivity index (χ0v) is 17.6. The van der Waals surface area contributed by atoms with E-state index in [0.717, 1.165) is 0 Å². The molecule has 0 saturated heterocycles. The van der Waals surface area contributed by atoms with E-state index in [2.05, 4.69) is 9.71 Å². The molecule has 2 aromatic carbocycles. The molecule has 10 heteroatoms. The number of amidine groups is 1. The second-order valence-electron chi connectivity index (χ2n) is 6.91. The molecule has 0 radical (unpaired) electrons. The second kappa shape index (κ2) is 9.06. The van der Waals surface area contributed by atoms with Gasteiger partial charge in [0.2, 0.25) is 0 Å². The maximum Gasteiger partial charge on any atom is 0.340 e. The number of nitrogens with one attached hydrogen (secondary N) is 1. The first kappa shape index (κ1) is 21.3. The third-order valence-corrected chi connectivity index (χ3v) is 5.65. The lowest BCUT2D eigenvalue weighted by atomic mass is 10.2. The highest BCUT2D eigenvalue weighted by molar-refractivity contribution is 7.90. The summed E-state index contributed by atoms with van der Waals surface area (Å²) in [5.41, 5.74) is 0.681. The molecule has 0 bridgehead atoms. The first-order valence-electron chi connectivity index (χ1n) is 9.67. The van der Waals surface area contributed by atoms with Crippen molar-refractivity contribution in [3.8, 4) is 11.5 Å². The average Bonchev–Trinajstić information content (AvgIpc) is 2.77. The molecule has 0 aromatic heterocycles. The number of ether oxygens (including phenoxy) is 2. The number of anilines is 1. The minimum Gasteiger partial charge on any atom is -0.457 e. The topological polar surface area (TPSA) is 114 Å². The molecule has 2 aromatic rings. The largest absolute Gasteiger partial charge is 0.457 e. The Bertz CT molecular complexity index is 1240. The fourth-order valence-electron chi connectivity index (χ4n) is 3.00. The molecule has 1 amide bonds. The maximum absolute atomic E-state index is 12.3. The van der Waals surface area contributed by atoms with E-state index in [0.29, 0.717) is 17.2 Å². The molecular formula is C22H19N3O6S. The van der Waals surface area contributed by atoms with Crippen molar-refractivity contribution in [1.29, 1.82) is 0 Å². The van der Waals surface area contributed by atoms with Gasteiger partial charge in [0.1, 0.15) is 17.3 Å². The Morgan fingerprint density at radius 1 is 1.03 bits per heavy atom. The van der Waals surface area contributed by atoms with Crippen LogP contribution in [0.3, 0.4) is 0 Å².